The summed E-state index contributed by atoms with van der Waals surface area (Å²) in [6.45, 7) is 0. The maximum absolute atomic E-state index is 12.8. The molecule has 1 aromatic heterocycles. The molecule has 0 aliphatic carbocycles. The SMILES string of the molecule is NC1C(=O)N(c2ccc(NC(=O)NS(=O)(=O)c3ccc(Cl)s3)cc2)C(=O)c2ccccc21. The van der Waals surface area contributed by atoms with Crippen molar-refractivity contribution in [1.82, 2.24) is 4.72 Å². The fourth-order valence-corrected chi connectivity index (χ4v) is 5.56. The highest BCUT2D eigenvalue weighted by Gasteiger charge is 2.37. The van der Waals surface area contributed by atoms with Gasteiger partial charge in [0.1, 0.15) is 10.3 Å². The van der Waals surface area contributed by atoms with Crippen molar-refractivity contribution in [3.05, 3.63) is 76.1 Å². The van der Waals surface area contributed by atoms with Crippen LogP contribution in [0.15, 0.2) is 64.9 Å². The van der Waals surface area contributed by atoms with Gasteiger partial charge in [-0.3, -0.25) is 9.59 Å². The Morgan fingerprint density at radius 2 is 1.72 bits per heavy atom. The van der Waals surface area contributed by atoms with Crippen molar-refractivity contribution in [1.29, 1.82) is 0 Å². The molecule has 4 N–H and O–H groups in total. The van der Waals surface area contributed by atoms with E-state index in [9.17, 15) is 22.8 Å². The average molecular weight is 491 g/mol. The van der Waals surface area contributed by atoms with Crippen LogP contribution in [0.3, 0.4) is 0 Å². The van der Waals surface area contributed by atoms with Gasteiger partial charge in [0.05, 0.1) is 10.0 Å². The molecule has 0 bridgehead atoms. The third-order valence-corrected chi connectivity index (χ3v) is 7.69. The zero-order valence-corrected chi connectivity index (χ0v) is 18.5. The smallest absolute Gasteiger partial charge is 0.316 e. The summed E-state index contributed by atoms with van der Waals surface area (Å²) in [5.41, 5.74) is 7.31. The molecule has 4 rings (SSSR count). The van der Waals surface area contributed by atoms with Crippen LogP contribution in [0, 0.1) is 0 Å². The summed E-state index contributed by atoms with van der Waals surface area (Å²) in [6, 6.07) is 13.1. The van der Waals surface area contributed by atoms with E-state index < -0.39 is 33.9 Å². The number of thiophene rings is 1. The number of hydrogen-bond donors (Lipinski definition) is 3. The highest BCUT2D eigenvalue weighted by Crippen LogP contribution is 2.30. The first-order valence-electron chi connectivity index (χ1n) is 9.09. The number of halogens is 1. The van der Waals surface area contributed by atoms with Crippen molar-refractivity contribution in [3.8, 4) is 0 Å². The Labute approximate surface area is 191 Å². The second-order valence-electron chi connectivity index (χ2n) is 6.71. The number of imide groups is 1. The lowest BCUT2D eigenvalue weighted by Crippen LogP contribution is -2.47. The van der Waals surface area contributed by atoms with Crippen LogP contribution in [-0.4, -0.2) is 26.3 Å². The molecule has 0 saturated carbocycles. The molecule has 9 nitrogen and oxygen atoms in total. The van der Waals surface area contributed by atoms with Crippen LogP contribution in [0.25, 0.3) is 0 Å². The van der Waals surface area contributed by atoms with E-state index in [1.54, 1.807) is 24.3 Å². The number of carbonyl (C=O) groups excluding carboxylic acids is 3. The Kier molecular flexibility index (Phi) is 5.73. The van der Waals surface area contributed by atoms with E-state index in [0.29, 0.717) is 11.1 Å². The number of hydrogen-bond acceptors (Lipinski definition) is 7. The number of nitrogens with two attached hydrogens (primary N) is 1. The van der Waals surface area contributed by atoms with Crippen molar-refractivity contribution in [2.75, 3.05) is 10.2 Å². The van der Waals surface area contributed by atoms with E-state index in [1.165, 1.54) is 36.4 Å². The number of carbonyl (C=O) groups is 3. The number of sulfonamides is 1. The summed E-state index contributed by atoms with van der Waals surface area (Å²) in [7, 11) is -4.07. The lowest BCUT2D eigenvalue weighted by atomic mass is 9.94. The minimum absolute atomic E-state index is 0.105. The van der Waals surface area contributed by atoms with E-state index >= 15 is 0 Å². The molecule has 1 atom stereocenters. The molecule has 1 unspecified atom stereocenters. The van der Waals surface area contributed by atoms with Crippen molar-refractivity contribution < 1.29 is 22.8 Å². The monoisotopic (exact) mass is 490 g/mol. The van der Waals surface area contributed by atoms with Crippen LogP contribution in [-0.2, 0) is 14.8 Å². The molecule has 32 heavy (non-hydrogen) atoms. The van der Waals surface area contributed by atoms with E-state index in [1.807, 2.05) is 4.72 Å². The number of benzene rings is 2. The zero-order chi connectivity index (χ0) is 23.0. The summed E-state index contributed by atoms with van der Waals surface area (Å²) in [4.78, 5) is 38.6. The predicted molar refractivity (Wildman–Crippen MR) is 120 cm³/mol. The lowest BCUT2D eigenvalue weighted by Gasteiger charge is -2.30. The van der Waals surface area contributed by atoms with Crippen molar-refractivity contribution in [3.63, 3.8) is 0 Å². The van der Waals surface area contributed by atoms with E-state index in [2.05, 4.69) is 5.32 Å². The van der Waals surface area contributed by atoms with Crippen LogP contribution in [0.1, 0.15) is 22.0 Å². The fourth-order valence-electron chi connectivity index (χ4n) is 3.17. The number of rotatable bonds is 4. The van der Waals surface area contributed by atoms with Gasteiger partial charge in [-0.2, -0.15) is 0 Å². The topological polar surface area (TPSA) is 139 Å². The van der Waals surface area contributed by atoms with Gasteiger partial charge in [-0.15, -0.1) is 11.3 Å². The number of nitrogens with zero attached hydrogens (tertiary/aromatic N) is 1. The predicted octanol–water partition coefficient (Wildman–Crippen LogP) is 3.10. The summed E-state index contributed by atoms with van der Waals surface area (Å²) in [5.74, 6) is -1.08. The molecule has 0 fully saturated rings. The van der Waals surface area contributed by atoms with Crippen molar-refractivity contribution in [2.24, 2.45) is 5.73 Å². The lowest BCUT2D eigenvalue weighted by molar-refractivity contribution is -0.119. The normalized spacial score (nSPS) is 15.9. The van der Waals surface area contributed by atoms with Crippen LogP contribution in [0.4, 0.5) is 16.2 Å². The van der Waals surface area contributed by atoms with Gasteiger partial charge in [-0.1, -0.05) is 29.8 Å². The summed E-state index contributed by atoms with van der Waals surface area (Å²) in [6.07, 6.45) is 0. The van der Waals surface area contributed by atoms with Gasteiger partial charge < -0.3 is 11.1 Å². The van der Waals surface area contributed by atoms with Gasteiger partial charge in [-0.25, -0.2) is 22.8 Å². The van der Waals surface area contributed by atoms with Gasteiger partial charge >= 0.3 is 6.03 Å². The molecule has 12 heteroatoms. The minimum Gasteiger partial charge on any atom is -0.316 e. The number of urea groups is 1. The van der Waals surface area contributed by atoms with Crippen LogP contribution in [0.5, 0.6) is 0 Å². The summed E-state index contributed by atoms with van der Waals surface area (Å²) < 4.78 is 26.4. The quantitative estimate of drug-likeness (QED) is 0.480. The fraction of sp³-hybridized carbons (Fsp3) is 0.0500. The van der Waals surface area contributed by atoms with Crippen LogP contribution >= 0.6 is 22.9 Å². The standard InChI is InChI=1S/C20H15ClN4O5S2/c21-15-9-10-16(31-15)32(29,30)24-20(28)23-11-5-7-12(8-6-11)25-18(26)14-4-2-1-3-13(14)17(22)19(25)27/h1-10,17H,22H2,(H2,23,24,28). The Balaban J connectivity index is 1.49. The van der Waals surface area contributed by atoms with Crippen molar-refractivity contribution >= 4 is 62.2 Å². The number of amides is 4. The Morgan fingerprint density at radius 3 is 2.38 bits per heavy atom. The summed E-state index contributed by atoms with van der Waals surface area (Å²) in [5, 5.41) is 2.38. The third-order valence-electron chi connectivity index (χ3n) is 4.64. The maximum atomic E-state index is 12.8. The molecule has 164 valence electrons. The van der Waals surface area contributed by atoms with Gasteiger partial charge in [0.2, 0.25) is 0 Å². The van der Waals surface area contributed by atoms with Gasteiger partial charge in [0, 0.05) is 11.3 Å². The second-order valence-corrected chi connectivity index (χ2v) is 10.3. The number of anilines is 2. The molecule has 1 aliphatic rings. The first-order valence-corrected chi connectivity index (χ1v) is 11.8. The second kappa shape index (κ2) is 8.36. The number of fused-ring (bicyclic) bond motifs is 1. The molecular formula is C20H15ClN4O5S2. The van der Waals surface area contributed by atoms with E-state index in [-0.39, 0.29) is 19.9 Å². The zero-order valence-electron chi connectivity index (χ0n) is 16.1. The molecule has 4 amide bonds. The Hall–Kier alpha value is -3.25. The molecule has 2 heterocycles. The molecule has 3 aromatic rings. The molecule has 2 aromatic carbocycles. The van der Waals surface area contributed by atoms with Crippen molar-refractivity contribution in [2.45, 2.75) is 10.3 Å². The van der Waals surface area contributed by atoms with Gasteiger partial charge in [0.15, 0.2) is 0 Å². The molecule has 0 saturated heterocycles. The van der Waals surface area contributed by atoms with Gasteiger partial charge in [0.25, 0.3) is 21.8 Å². The highest BCUT2D eigenvalue weighted by molar-refractivity contribution is 7.92. The first-order chi connectivity index (χ1) is 15.2. The largest absolute Gasteiger partial charge is 0.333 e. The Bertz CT molecular complexity index is 1340. The molecule has 0 spiro atoms. The number of nitrogens with one attached hydrogen (secondary N) is 2. The van der Waals surface area contributed by atoms with E-state index in [4.69, 9.17) is 17.3 Å². The molecule has 1 aliphatic heterocycles. The van der Waals surface area contributed by atoms with E-state index in [0.717, 1.165) is 16.2 Å². The maximum Gasteiger partial charge on any atom is 0.333 e. The first kappa shape index (κ1) is 22.0. The highest BCUT2D eigenvalue weighted by atomic mass is 35.5. The van der Waals surface area contributed by atoms with Crippen LogP contribution < -0.4 is 20.7 Å². The van der Waals surface area contributed by atoms with Crippen LogP contribution in [0.2, 0.25) is 4.34 Å². The molecule has 0 radical (unpaired) electrons. The van der Waals surface area contributed by atoms with Gasteiger partial charge in [-0.05, 0) is 48.0 Å². The average Bonchev–Trinajstić information content (AvgIpc) is 3.20. The molecular weight excluding hydrogens is 476 g/mol. The summed E-state index contributed by atoms with van der Waals surface area (Å²) >= 11 is 6.55. The third kappa shape index (κ3) is 4.10. The Morgan fingerprint density at radius 1 is 1.03 bits per heavy atom. The minimum atomic E-state index is -4.07.